The minimum Gasteiger partial charge on any atom is -0.529 e. The maximum Gasteiger partial charge on any atom is 0.714 e. The van der Waals surface area contributed by atoms with Crippen LogP contribution in [0.1, 0.15) is 0 Å². The standard InChI is InChI=1S/2C15H13N2O2.CH2O2Si.Al/c2*18-9-10-19-12-7-5-11(6-8-12)15-16-13-3-1-2-4-14(13)17-15;1-3-4-2;/h2*1-8H,9-10H2,(H,16,17);1H2;/q2*-1;;+2. The van der Waals surface area contributed by atoms with E-state index in [2.05, 4.69) is 19.9 Å². The van der Waals surface area contributed by atoms with Crippen molar-refractivity contribution in [1.29, 1.82) is 0 Å². The number of hydrogen-bond donors (Lipinski definition) is 2. The molecule has 6 aromatic rings. The molecule has 4 aromatic carbocycles. The second kappa shape index (κ2) is 14.2. The Bertz CT molecular complexity index is 1590. The highest BCUT2D eigenvalue weighted by molar-refractivity contribution is 6.44. The summed E-state index contributed by atoms with van der Waals surface area (Å²) < 4.78 is 39.4. The molecule has 10 nitrogen and oxygen atoms in total. The van der Waals surface area contributed by atoms with Crippen LogP contribution in [0.3, 0.4) is 0 Å². The average Bonchev–Trinajstić information content (AvgIpc) is 3.69. The van der Waals surface area contributed by atoms with Crippen molar-refractivity contribution < 1.29 is 25.9 Å². The van der Waals surface area contributed by atoms with Crippen molar-refractivity contribution in [3.63, 3.8) is 0 Å². The molecular weight excluding hydrogens is 579 g/mol. The molecule has 0 fully saturated rings. The smallest absolute Gasteiger partial charge is 0.529 e. The fourth-order valence-corrected chi connectivity index (χ4v) is 6.35. The van der Waals surface area contributed by atoms with Crippen molar-refractivity contribution in [3.05, 3.63) is 97.1 Å². The summed E-state index contributed by atoms with van der Waals surface area (Å²) in [6, 6.07) is 31.3. The van der Waals surface area contributed by atoms with Crippen molar-refractivity contribution in [3.8, 4) is 34.3 Å². The van der Waals surface area contributed by atoms with Crippen molar-refractivity contribution in [2.75, 3.05) is 31.9 Å². The summed E-state index contributed by atoms with van der Waals surface area (Å²) in [5, 5.41) is 0. The molecule has 0 aliphatic rings. The van der Waals surface area contributed by atoms with Gasteiger partial charge in [0.05, 0.1) is 40.7 Å². The second-order valence-corrected chi connectivity index (χ2v) is 11.8. The van der Waals surface area contributed by atoms with Crippen LogP contribution in [0.5, 0.6) is 11.5 Å². The first kappa shape index (κ1) is 28.8. The SMILES string of the molecule is O=[Si]O[CH2][Al]([O]CCOc1ccc(-c2nc3ccccc3[nH]2)cc1)[O]CCOc1ccc(-c2nc3ccccc3[nH]2)cc1. The van der Waals surface area contributed by atoms with E-state index in [4.69, 9.17) is 21.5 Å². The highest BCUT2D eigenvalue weighted by Gasteiger charge is 2.26. The van der Waals surface area contributed by atoms with Gasteiger partial charge < -0.3 is 35.9 Å². The number of para-hydroxylation sites is 4. The third-order valence-corrected chi connectivity index (χ3v) is 8.90. The van der Waals surface area contributed by atoms with Crippen LogP contribution < -0.4 is 9.47 Å². The van der Waals surface area contributed by atoms with E-state index in [1.54, 1.807) is 0 Å². The van der Waals surface area contributed by atoms with Gasteiger partial charge in [0.15, 0.2) is 0 Å². The quantitative estimate of drug-likeness (QED) is 0.120. The lowest BCUT2D eigenvalue weighted by molar-refractivity contribution is 0.130. The van der Waals surface area contributed by atoms with Gasteiger partial charge in [-0.05, 0) is 72.8 Å². The van der Waals surface area contributed by atoms with Gasteiger partial charge in [0.25, 0.3) is 0 Å². The third kappa shape index (κ3) is 7.56. The zero-order valence-corrected chi connectivity index (χ0v) is 25.3. The molecule has 215 valence electrons. The molecule has 12 heteroatoms. The first-order valence-electron chi connectivity index (χ1n) is 13.8. The van der Waals surface area contributed by atoms with Crippen molar-refractivity contribution in [1.82, 2.24) is 19.9 Å². The van der Waals surface area contributed by atoms with E-state index < -0.39 is 24.5 Å². The molecule has 0 bridgehead atoms. The molecule has 2 heterocycles. The molecule has 0 saturated carbocycles. The van der Waals surface area contributed by atoms with Crippen LogP contribution in [-0.2, 0) is 16.5 Å². The van der Waals surface area contributed by atoms with Crippen molar-refractivity contribution >= 4 is 46.5 Å². The highest BCUT2D eigenvalue weighted by Crippen LogP contribution is 2.24. The van der Waals surface area contributed by atoms with Gasteiger partial charge in [-0.1, -0.05) is 24.3 Å². The second-order valence-electron chi connectivity index (χ2n) is 9.52. The van der Waals surface area contributed by atoms with Crippen LogP contribution in [0.15, 0.2) is 97.1 Å². The zero-order valence-electron chi connectivity index (χ0n) is 23.2. The summed E-state index contributed by atoms with van der Waals surface area (Å²) in [4.78, 5) is 15.9. The number of aromatic nitrogens is 4. The fraction of sp³-hybridized carbons (Fsp3) is 0.161. The monoisotopic (exact) mass is 607 g/mol. The third-order valence-electron chi connectivity index (χ3n) is 6.62. The predicted molar refractivity (Wildman–Crippen MR) is 164 cm³/mol. The number of benzene rings is 4. The van der Waals surface area contributed by atoms with Crippen LogP contribution in [0.2, 0.25) is 0 Å². The van der Waals surface area contributed by atoms with E-state index in [1.165, 1.54) is 0 Å². The lowest BCUT2D eigenvalue weighted by Crippen LogP contribution is -2.32. The summed E-state index contributed by atoms with van der Waals surface area (Å²) in [5.41, 5.74) is 5.97. The lowest BCUT2D eigenvalue weighted by atomic mass is 10.2. The molecule has 2 N–H and O–H groups in total. The Morgan fingerprint density at radius 3 is 1.51 bits per heavy atom. The van der Waals surface area contributed by atoms with Crippen molar-refractivity contribution in [2.24, 2.45) is 0 Å². The largest absolute Gasteiger partial charge is 0.714 e. The first-order chi connectivity index (χ1) is 21.2. The Kier molecular flexibility index (Phi) is 9.53. The van der Waals surface area contributed by atoms with Crippen LogP contribution in [0, 0.1) is 0 Å². The average molecular weight is 608 g/mol. The molecule has 0 spiro atoms. The number of aromatic amines is 2. The van der Waals surface area contributed by atoms with Gasteiger partial charge in [-0.3, -0.25) is 0 Å². The topological polar surface area (TPSA) is 121 Å². The Hall–Kier alpha value is -4.31. The van der Waals surface area contributed by atoms with E-state index in [0.717, 1.165) is 56.3 Å². The number of ether oxygens (including phenoxy) is 2. The minimum atomic E-state index is -2.23. The number of H-pyrrole nitrogens is 2. The van der Waals surface area contributed by atoms with Crippen LogP contribution in [0.25, 0.3) is 44.8 Å². The number of imidazole rings is 2. The molecule has 0 unspecified atom stereocenters. The predicted octanol–water partition coefficient (Wildman–Crippen LogP) is 5.27. The van der Waals surface area contributed by atoms with Gasteiger partial charge in [0, 0.05) is 11.1 Å². The van der Waals surface area contributed by atoms with Crippen molar-refractivity contribution in [2.45, 2.75) is 0 Å². The van der Waals surface area contributed by atoms with Crippen LogP contribution >= 0.6 is 0 Å². The number of nitrogens with zero attached hydrogens (tertiary/aromatic N) is 2. The lowest BCUT2D eigenvalue weighted by Gasteiger charge is -2.14. The van der Waals surface area contributed by atoms with E-state index in [9.17, 15) is 4.46 Å². The van der Waals surface area contributed by atoms with Gasteiger partial charge in [0.2, 0.25) is 0 Å². The highest BCUT2D eigenvalue weighted by atomic mass is 28.2. The fourth-order valence-electron chi connectivity index (χ4n) is 4.52. The Morgan fingerprint density at radius 2 is 1.07 bits per heavy atom. The normalized spacial score (nSPS) is 11.1. The van der Waals surface area contributed by atoms with Crippen LogP contribution in [-0.4, -0.2) is 76.3 Å². The van der Waals surface area contributed by atoms with Gasteiger partial charge in [-0.2, -0.15) is 0 Å². The van der Waals surface area contributed by atoms with Gasteiger partial charge in [-0.25, -0.2) is 9.97 Å². The van der Waals surface area contributed by atoms with Gasteiger partial charge in [-0.15, -0.1) is 0 Å². The zero-order chi connectivity index (χ0) is 29.3. The molecule has 0 aliphatic carbocycles. The van der Waals surface area contributed by atoms with Gasteiger partial charge in [0.1, 0.15) is 36.4 Å². The molecular formula is C31H28AlN4O6Si. The van der Waals surface area contributed by atoms with E-state index >= 15 is 0 Å². The summed E-state index contributed by atoms with van der Waals surface area (Å²) in [6.07, 6.45) is 0. The molecule has 43 heavy (non-hydrogen) atoms. The van der Waals surface area contributed by atoms with E-state index in [-0.39, 0.29) is 5.47 Å². The van der Waals surface area contributed by atoms with E-state index in [1.807, 2.05) is 97.1 Å². The van der Waals surface area contributed by atoms with E-state index in [0.29, 0.717) is 26.4 Å². The Labute approximate surface area is 255 Å². The summed E-state index contributed by atoms with van der Waals surface area (Å²) in [7, 11) is -0.871. The minimum absolute atomic E-state index is 0.167. The molecule has 1 radical (unpaired) electrons. The number of fused-ring (bicyclic) bond motifs is 2. The molecule has 0 amide bonds. The molecule has 0 atom stereocenters. The molecule has 2 aromatic heterocycles. The maximum absolute atomic E-state index is 10.9. The summed E-state index contributed by atoms with van der Waals surface area (Å²) >= 11 is -2.23. The Morgan fingerprint density at radius 1 is 0.605 bits per heavy atom. The van der Waals surface area contributed by atoms with Crippen LogP contribution in [0.4, 0.5) is 0 Å². The first-order valence-corrected chi connectivity index (χ1v) is 16.4. The van der Waals surface area contributed by atoms with Gasteiger partial charge >= 0.3 is 24.5 Å². The number of nitrogens with one attached hydrogen (secondary N) is 2. The molecule has 6 rings (SSSR count). The molecule has 0 aliphatic heterocycles. The number of hydrogen-bond acceptors (Lipinski definition) is 8. The Balaban J connectivity index is 0.922. The maximum atomic E-state index is 10.9. The summed E-state index contributed by atoms with van der Waals surface area (Å²) in [5.74, 6) is 3.06. The molecule has 0 saturated heterocycles. The summed E-state index contributed by atoms with van der Waals surface area (Å²) in [6.45, 7) is 1.31. The number of rotatable bonds is 15.